The van der Waals surface area contributed by atoms with E-state index in [9.17, 15) is 14.7 Å². The lowest BCUT2D eigenvalue weighted by molar-refractivity contribution is -0.145. The molecule has 0 saturated heterocycles. The van der Waals surface area contributed by atoms with Crippen molar-refractivity contribution in [2.24, 2.45) is 0 Å². The minimum absolute atomic E-state index is 0.350. The van der Waals surface area contributed by atoms with E-state index >= 15 is 0 Å². The van der Waals surface area contributed by atoms with E-state index in [4.69, 9.17) is 0 Å². The average molecular weight is 315 g/mol. The Morgan fingerprint density at radius 1 is 1.26 bits per heavy atom. The molecule has 1 fully saturated rings. The number of carboxylic acid groups (broad SMARTS) is 1. The summed E-state index contributed by atoms with van der Waals surface area (Å²) in [5.41, 5.74) is 0.840. The average Bonchev–Trinajstić information content (AvgIpc) is 2.72. The van der Waals surface area contributed by atoms with E-state index < -0.39 is 11.5 Å². The molecule has 2 heterocycles. The number of carboxylic acids is 1. The number of rotatable bonds is 3. The van der Waals surface area contributed by atoms with Gasteiger partial charge in [-0.05, 0) is 31.9 Å². The van der Waals surface area contributed by atoms with Crippen LogP contribution in [0.3, 0.4) is 0 Å². The topological polar surface area (TPSA) is 83.7 Å². The van der Waals surface area contributed by atoms with Gasteiger partial charge in [0.15, 0.2) is 0 Å². The molecule has 0 aromatic carbocycles. The standard InChI is InChI=1S/C17H21N3O3/c1-12-11-20-9-6-13(10-14(20)18-12)15(21)19-17(16(22)23)7-4-2-3-5-8-17/h6,9-11H,2-5,7-8H2,1H3,(H,19,21)(H,22,23). The van der Waals surface area contributed by atoms with Gasteiger partial charge in [0.25, 0.3) is 5.91 Å². The predicted octanol–water partition coefficient (Wildman–Crippen LogP) is 2.55. The van der Waals surface area contributed by atoms with Crippen LogP contribution < -0.4 is 5.32 Å². The third kappa shape index (κ3) is 3.06. The second-order valence-corrected chi connectivity index (χ2v) is 6.32. The molecule has 0 bridgehead atoms. The Labute approximate surface area is 134 Å². The number of pyridine rings is 1. The lowest BCUT2D eigenvalue weighted by atomic mass is 9.90. The Hall–Kier alpha value is -2.37. The summed E-state index contributed by atoms with van der Waals surface area (Å²) >= 11 is 0. The lowest BCUT2D eigenvalue weighted by Crippen LogP contribution is -2.54. The van der Waals surface area contributed by atoms with Gasteiger partial charge in [0, 0.05) is 18.0 Å². The molecule has 0 aliphatic heterocycles. The molecule has 6 heteroatoms. The Balaban J connectivity index is 1.86. The number of fused-ring (bicyclic) bond motifs is 1. The summed E-state index contributed by atoms with van der Waals surface area (Å²) in [5.74, 6) is -1.29. The maximum Gasteiger partial charge on any atom is 0.329 e. The van der Waals surface area contributed by atoms with E-state index in [1.54, 1.807) is 18.3 Å². The van der Waals surface area contributed by atoms with Gasteiger partial charge in [-0.2, -0.15) is 0 Å². The highest BCUT2D eigenvalue weighted by Crippen LogP contribution is 2.28. The number of amides is 1. The highest BCUT2D eigenvalue weighted by molar-refractivity contribution is 5.98. The number of hydrogen-bond donors (Lipinski definition) is 2. The number of aliphatic carboxylic acids is 1. The van der Waals surface area contributed by atoms with Gasteiger partial charge < -0.3 is 14.8 Å². The van der Waals surface area contributed by atoms with Gasteiger partial charge in [-0.25, -0.2) is 9.78 Å². The Bertz CT molecular complexity index is 743. The van der Waals surface area contributed by atoms with Crippen molar-refractivity contribution in [2.75, 3.05) is 0 Å². The fourth-order valence-electron chi connectivity index (χ4n) is 3.26. The Morgan fingerprint density at radius 3 is 2.61 bits per heavy atom. The minimum Gasteiger partial charge on any atom is -0.480 e. The molecule has 0 spiro atoms. The Kier molecular flexibility index (Phi) is 4.07. The summed E-state index contributed by atoms with van der Waals surface area (Å²) in [6.45, 7) is 1.89. The number of hydrogen-bond acceptors (Lipinski definition) is 3. The van der Waals surface area contributed by atoms with Crippen LogP contribution in [0.1, 0.15) is 54.6 Å². The van der Waals surface area contributed by atoms with Crippen LogP contribution in [0.4, 0.5) is 0 Å². The van der Waals surface area contributed by atoms with E-state index in [-0.39, 0.29) is 5.91 Å². The van der Waals surface area contributed by atoms with Crippen LogP contribution in [0.2, 0.25) is 0 Å². The van der Waals surface area contributed by atoms with Gasteiger partial charge in [-0.15, -0.1) is 0 Å². The number of carbonyl (C=O) groups is 2. The zero-order valence-corrected chi connectivity index (χ0v) is 13.2. The highest BCUT2D eigenvalue weighted by Gasteiger charge is 2.40. The monoisotopic (exact) mass is 315 g/mol. The van der Waals surface area contributed by atoms with Crippen LogP contribution in [-0.2, 0) is 4.79 Å². The fraction of sp³-hybridized carbons (Fsp3) is 0.471. The van der Waals surface area contributed by atoms with Crippen LogP contribution in [0.25, 0.3) is 5.65 Å². The van der Waals surface area contributed by atoms with Crippen LogP contribution in [0.5, 0.6) is 0 Å². The molecular weight excluding hydrogens is 294 g/mol. The maximum absolute atomic E-state index is 12.6. The molecule has 122 valence electrons. The second kappa shape index (κ2) is 6.02. The summed E-state index contributed by atoms with van der Waals surface area (Å²) in [5, 5.41) is 12.4. The van der Waals surface area contributed by atoms with Crippen molar-refractivity contribution in [3.63, 3.8) is 0 Å². The minimum atomic E-state index is -1.15. The zero-order valence-electron chi connectivity index (χ0n) is 13.2. The SMILES string of the molecule is Cc1cn2ccc(C(=O)NC3(C(=O)O)CCCCCC3)cc2n1. The van der Waals surface area contributed by atoms with Gasteiger partial charge in [0.1, 0.15) is 11.2 Å². The van der Waals surface area contributed by atoms with Gasteiger partial charge in [-0.1, -0.05) is 25.7 Å². The first-order chi connectivity index (χ1) is 11.0. The van der Waals surface area contributed by atoms with Crippen LogP contribution in [0.15, 0.2) is 24.5 Å². The number of nitrogens with zero attached hydrogens (tertiary/aromatic N) is 2. The van der Waals surface area contributed by atoms with Crippen molar-refractivity contribution in [3.05, 3.63) is 35.8 Å². The van der Waals surface area contributed by atoms with Crippen LogP contribution in [0, 0.1) is 6.92 Å². The summed E-state index contributed by atoms with van der Waals surface area (Å²) in [4.78, 5) is 28.7. The van der Waals surface area contributed by atoms with Crippen LogP contribution in [-0.4, -0.2) is 31.9 Å². The maximum atomic E-state index is 12.6. The summed E-state index contributed by atoms with van der Waals surface area (Å²) in [7, 11) is 0. The highest BCUT2D eigenvalue weighted by atomic mass is 16.4. The van der Waals surface area contributed by atoms with E-state index in [1.807, 2.05) is 17.5 Å². The largest absolute Gasteiger partial charge is 0.480 e. The van der Waals surface area contributed by atoms with Crippen molar-refractivity contribution in [2.45, 2.75) is 51.0 Å². The molecule has 2 aromatic rings. The van der Waals surface area contributed by atoms with Crippen molar-refractivity contribution in [1.29, 1.82) is 0 Å². The van der Waals surface area contributed by atoms with E-state index in [2.05, 4.69) is 10.3 Å². The van der Waals surface area contributed by atoms with Gasteiger partial charge in [0.05, 0.1) is 5.69 Å². The van der Waals surface area contributed by atoms with Crippen LogP contribution >= 0.6 is 0 Å². The third-order valence-corrected chi connectivity index (χ3v) is 4.56. The fourth-order valence-corrected chi connectivity index (χ4v) is 3.26. The van der Waals surface area contributed by atoms with Crippen molar-refractivity contribution < 1.29 is 14.7 Å². The van der Waals surface area contributed by atoms with Gasteiger partial charge >= 0.3 is 5.97 Å². The summed E-state index contributed by atoms with van der Waals surface area (Å²) in [6.07, 6.45) is 8.30. The molecule has 0 atom stereocenters. The molecule has 0 radical (unpaired) electrons. The number of carbonyl (C=O) groups excluding carboxylic acids is 1. The molecule has 23 heavy (non-hydrogen) atoms. The molecular formula is C17H21N3O3. The number of nitrogens with one attached hydrogen (secondary N) is 1. The summed E-state index contributed by atoms with van der Waals surface area (Å²) < 4.78 is 1.84. The molecule has 3 rings (SSSR count). The first kappa shape index (κ1) is 15.5. The van der Waals surface area contributed by atoms with Gasteiger partial charge in [-0.3, -0.25) is 4.79 Å². The molecule has 2 N–H and O–H groups in total. The smallest absolute Gasteiger partial charge is 0.329 e. The van der Waals surface area contributed by atoms with Gasteiger partial charge in [0.2, 0.25) is 0 Å². The van der Waals surface area contributed by atoms with E-state index in [0.717, 1.165) is 31.4 Å². The first-order valence-electron chi connectivity index (χ1n) is 8.01. The first-order valence-corrected chi connectivity index (χ1v) is 8.01. The summed E-state index contributed by atoms with van der Waals surface area (Å²) in [6, 6.07) is 3.38. The lowest BCUT2D eigenvalue weighted by Gasteiger charge is -2.29. The predicted molar refractivity (Wildman–Crippen MR) is 85.5 cm³/mol. The molecule has 1 aliphatic rings. The number of aryl methyl sites for hydroxylation is 1. The quantitative estimate of drug-likeness (QED) is 0.853. The molecule has 1 amide bonds. The molecule has 2 aromatic heterocycles. The normalized spacial score (nSPS) is 17.6. The van der Waals surface area contributed by atoms with Crippen molar-refractivity contribution >= 4 is 17.5 Å². The zero-order chi connectivity index (χ0) is 16.4. The van der Waals surface area contributed by atoms with E-state index in [0.29, 0.717) is 24.1 Å². The second-order valence-electron chi connectivity index (χ2n) is 6.32. The third-order valence-electron chi connectivity index (χ3n) is 4.56. The molecule has 1 aliphatic carbocycles. The van der Waals surface area contributed by atoms with Crippen molar-refractivity contribution in [3.8, 4) is 0 Å². The number of imidazole rings is 1. The molecule has 0 unspecified atom stereocenters. The number of aromatic nitrogens is 2. The Morgan fingerprint density at radius 2 is 1.96 bits per heavy atom. The molecule has 6 nitrogen and oxygen atoms in total. The molecule has 1 saturated carbocycles. The van der Waals surface area contributed by atoms with E-state index in [1.165, 1.54) is 0 Å². The van der Waals surface area contributed by atoms with Crippen molar-refractivity contribution in [1.82, 2.24) is 14.7 Å².